The fraction of sp³-hybridized carbons (Fsp3) is 0.571. The van der Waals surface area contributed by atoms with Crippen LogP contribution in [0.25, 0.3) is 0 Å². The summed E-state index contributed by atoms with van der Waals surface area (Å²) >= 11 is 0. The molecule has 0 aliphatic heterocycles. The van der Waals surface area contributed by atoms with Gasteiger partial charge in [0.05, 0.1) is 12.7 Å². The summed E-state index contributed by atoms with van der Waals surface area (Å²) < 4.78 is 18.9. The van der Waals surface area contributed by atoms with Gasteiger partial charge in [-0.3, -0.25) is 0 Å². The third-order valence-corrected chi connectivity index (χ3v) is 3.82. The van der Waals surface area contributed by atoms with E-state index in [0.717, 1.165) is 24.8 Å². The van der Waals surface area contributed by atoms with E-state index in [4.69, 9.17) is 4.74 Å². The number of halogens is 1. The molecular formula is C14H20BFO3. The van der Waals surface area contributed by atoms with Crippen LogP contribution >= 0.6 is 0 Å². The highest BCUT2D eigenvalue weighted by Gasteiger charge is 2.21. The first-order valence-corrected chi connectivity index (χ1v) is 6.82. The number of rotatable bonds is 4. The van der Waals surface area contributed by atoms with E-state index in [2.05, 4.69) is 6.92 Å². The molecule has 5 heteroatoms. The van der Waals surface area contributed by atoms with Crippen molar-refractivity contribution in [2.45, 2.75) is 45.3 Å². The minimum atomic E-state index is -1.67. The van der Waals surface area contributed by atoms with E-state index in [1.54, 1.807) is 6.07 Å². The molecule has 0 saturated heterocycles. The summed E-state index contributed by atoms with van der Waals surface area (Å²) in [5.74, 6) is 0.291. The van der Waals surface area contributed by atoms with E-state index in [-0.39, 0.29) is 11.6 Å². The molecule has 0 amide bonds. The number of benzene rings is 1. The number of ether oxygens (including phenoxy) is 1. The number of hydrogen-bond donors (Lipinski definition) is 2. The van der Waals surface area contributed by atoms with Crippen LogP contribution in [0.2, 0.25) is 0 Å². The summed E-state index contributed by atoms with van der Waals surface area (Å²) in [4.78, 5) is 0. The minimum Gasteiger partial charge on any atom is -0.423 e. The molecule has 0 aromatic heterocycles. The highest BCUT2D eigenvalue weighted by Crippen LogP contribution is 2.26. The first-order chi connectivity index (χ1) is 9.06. The molecule has 19 heavy (non-hydrogen) atoms. The minimum absolute atomic E-state index is 0.184. The summed E-state index contributed by atoms with van der Waals surface area (Å²) in [6, 6.07) is 4.01. The zero-order valence-corrected chi connectivity index (χ0v) is 11.2. The lowest BCUT2D eigenvalue weighted by atomic mass is 9.77. The molecule has 0 bridgehead atoms. The zero-order chi connectivity index (χ0) is 13.8. The average Bonchev–Trinajstić information content (AvgIpc) is 2.39. The molecule has 0 radical (unpaired) electrons. The summed E-state index contributed by atoms with van der Waals surface area (Å²) in [5, 5.41) is 18.5. The molecule has 0 atom stereocenters. The van der Waals surface area contributed by atoms with Crippen LogP contribution in [-0.2, 0) is 11.3 Å². The van der Waals surface area contributed by atoms with Gasteiger partial charge in [0.15, 0.2) is 0 Å². The normalized spacial score (nSPS) is 23.4. The third kappa shape index (κ3) is 4.03. The summed E-state index contributed by atoms with van der Waals surface area (Å²) in [6.07, 6.45) is 4.65. The molecule has 1 fully saturated rings. The monoisotopic (exact) mass is 266 g/mol. The van der Waals surface area contributed by atoms with Gasteiger partial charge in [-0.25, -0.2) is 4.39 Å². The standard InChI is InChI=1S/C14H20BFO3/c1-10-2-6-13(7-3-10)19-9-11-4-5-12(16)8-14(11)15(17)18/h4-5,8,10,13,17-18H,2-3,6-7,9H2,1H3. The van der Waals surface area contributed by atoms with E-state index in [9.17, 15) is 14.4 Å². The average molecular weight is 266 g/mol. The first kappa shape index (κ1) is 14.5. The van der Waals surface area contributed by atoms with Gasteiger partial charge in [0, 0.05) is 0 Å². The lowest BCUT2D eigenvalue weighted by Gasteiger charge is -2.26. The molecule has 3 nitrogen and oxygen atoms in total. The molecular weight excluding hydrogens is 246 g/mol. The van der Waals surface area contributed by atoms with Gasteiger partial charge in [0.2, 0.25) is 0 Å². The Bertz CT molecular complexity index is 417. The van der Waals surface area contributed by atoms with Gasteiger partial charge in [0.1, 0.15) is 5.82 Å². The topological polar surface area (TPSA) is 49.7 Å². The van der Waals surface area contributed by atoms with Crippen LogP contribution in [0.5, 0.6) is 0 Å². The molecule has 104 valence electrons. The molecule has 1 aliphatic carbocycles. The summed E-state index contributed by atoms with van der Waals surface area (Å²) in [6.45, 7) is 2.54. The maximum Gasteiger partial charge on any atom is 0.488 e. The number of hydrogen-bond acceptors (Lipinski definition) is 3. The van der Waals surface area contributed by atoms with Crippen molar-refractivity contribution in [3.63, 3.8) is 0 Å². The molecule has 1 aromatic carbocycles. The fourth-order valence-corrected chi connectivity index (χ4v) is 2.54. The van der Waals surface area contributed by atoms with Crippen molar-refractivity contribution < 1.29 is 19.2 Å². The maximum atomic E-state index is 13.1. The van der Waals surface area contributed by atoms with Crippen molar-refractivity contribution in [2.75, 3.05) is 0 Å². The predicted octanol–water partition coefficient (Wildman–Crippen LogP) is 1.60. The Balaban J connectivity index is 1.95. The summed E-state index contributed by atoms with van der Waals surface area (Å²) in [7, 11) is -1.67. The zero-order valence-electron chi connectivity index (χ0n) is 11.2. The van der Waals surface area contributed by atoms with Crippen LogP contribution in [0, 0.1) is 11.7 Å². The van der Waals surface area contributed by atoms with Crippen LogP contribution in [0.1, 0.15) is 38.2 Å². The van der Waals surface area contributed by atoms with Gasteiger partial charge in [-0.1, -0.05) is 13.0 Å². The van der Waals surface area contributed by atoms with Crippen molar-refractivity contribution >= 4 is 12.6 Å². The second-order valence-corrected chi connectivity index (χ2v) is 5.41. The molecule has 2 rings (SSSR count). The van der Waals surface area contributed by atoms with Crippen LogP contribution in [0.15, 0.2) is 18.2 Å². The van der Waals surface area contributed by atoms with E-state index in [1.807, 2.05) is 0 Å². The van der Waals surface area contributed by atoms with Crippen molar-refractivity contribution in [1.29, 1.82) is 0 Å². The van der Waals surface area contributed by atoms with Crippen LogP contribution in [0.4, 0.5) is 4.39 Å². The van der Waals surface area contributed by atoms with Gasteiger partial charge in [0.25, 0.3) is 0 Å². The van der Waals surface area contributed by atoms with Gasteiger partial charge in [-0.15, -0.1) is 0 Å². The Morgan fingerprint density at radius 3 is 2.58 bits per heavy atom. The van der Waals surface area contributed by atoms with Crippen LogP contribution in [0.3, 0.4) is 0 Å². The van der Waals surface area contributed by atoms with Gasteiger partial charge in [-0.2, -0.15) is 0 Å². The lowest BCUT2D eigenvalue weighted by molar-refractivity contribution is 0.00902. The van der Waals surface area contributed by atoms with Crippen molar-refractivity contribution in [3.8, 4) is 0 Å². The van der Waals surface area contributed by atoms with Crippen molar-refractivity contribution in [1.82, 2.24) is 0 Å². The second-order valence-electron chi connectivity index (χ2n) is 5.41. The molecule has 1 aromatic rings. The fourth-order valence-electron chi connectivity index (χ4n) is 2.54. The van der Waals surface area contributed by atoms with Crippen LogP contribution < -0.4 is 5.46 Å². The Labute approximate surface area is 113 Å². The Hall–Kier alpha value is -0.905. The Morgan fingerprint density at radius 1 is 1.26 bits per heavy atom. The van der Waals surface area contributed by atoms with Gasteiger partial charge >= 0.3 is 7.12 Å². The molecule has 0 unspecified atom stereocenters. The molecule has 1 saturated carbocycles. The van der Waals surface area contributed by atoms with Crippen molar-refractivity contribution in [3.05, 3.63) is 29.6 Å². The molecule has 1 aliphatic rings. The molecule has 0 heterocycles. The Kier molecular flexibility index (Phi) is 4.96. The van der Waals surface area contributed by atoms with Gasteiger partial charge in [-0.05, 0) is 54.8 Å². The van der Waals surface area contributed by atoms with Crippen LogP contribution in [-0.4, -0.2) is 23.3 Å². The van der Waals surface area contributed by atoms with Gasteiger partial charge < -0.3 is 14.8 Å². The van der Waals surface area contributed by atoms with E-state index < -0.39 is 12.9 Å². The summed E-state index contributed by atoms with van der Waals surface area (Å²) in [5.41, 5.74) is 0.819. The van der Waals surface area contributed by atoms with E-state index in [1.165, 1.54) is 18.9 Å². The molecule has 2 N–H and O–H groups in total. The highest BCUT2D eigenvalue weighted by atomic mass is 19.1. The Morgan fingerprint density at radius 2 is 1.95 bits per heavy atom. The smallest absolute Gasteiger partial charge is 0.423 e. The quantitative estimate of drug-likeness (QED) is 0.814. The third-order valence-electron chi connectivity index (χ3n) is 3.82. The lowest BCUT2D eigenvalue weighted by Crippen LogP contribution is -2.34. The van der Waals surface area contributed by atoms with E-state index >= 15 is 0 Å². The van der Waals surface area contributed by atoms with E-state index in [0.29, 0.717) is 12.2 Å². The van der Waals surface area contributed by atoms with Crippen molar-refractivity contribution in [2.24, 2.45) is 5.92 Å². The SMILES string of the molecule is CC1CCC(OCc2ccc(F)cc2B(O)O)CC1. The first-order valence-electron chi connectivity index (χ1n) is 6.82. The maximum absolute atomic E-state index is 13.1. The molecule has 0 spiro atoms. The largest absolute Gasteiger partial charge is 0.488 e. The second kappa shape index (κ2) is 6.50. The predicted molar refractivity (Wildman–Crippen MR) is 72.4 cm³/mol. The highest BCUT2D eigenvalue weighted by molar-refractivity contribution is 6.59.